The van der Waals surface area contributed by atoms with Gasteiger partial charge in [0.2, 0.25) is 0 Å². The van der Waals surface area contributed by atoms with Crippen LogP contribution in [0.3, 0.4) is 0 Å². The van der Waals surface area contributed by atoms with Crippen molar-refractivity contribution in [1.82, 2.24) is 15.1 Å². The highest BCUT2D eigenvalue weighted by molar-refractivity contribution is 5.93. The molecule has 0 atom stereocenters. The van der Waals surface area contributed by atoms with Gasteiger partial charge in [0.1, 0.15) is 12.0 Å². The number of hydrogen-bond acceptors (Lipinski definition) is 4. The first-order valence-corrected chi connectivity index (χ1v) is 8.21. The summed E-state index contributed by atoms with van der Waals surface area (Å²) in [5.74, 6) is 0.409. The molecule has 3 N–H and O–H groups in total. The molecule has 0 spiro atoms. The molecule has 0 unspecified atom stereocenters. The zero-order valence-electron chi connectivity index (χ0n) is 14.9. The largest absolute Gasteiger partial charge is 0.467 e. The Morgan fingerprint density at radius 2 is 2.00 bits per heavy atom. The van der Waals surface area contributed by atoms with Crippen LogP contribution in [0, 0.1) is 13.8 Å². The van der Waals surface area contributed by atoms with Gasteiger partial charge >= 0.3 is 0 Å². The van der Waals surface area contributed by atoms with Crippen molar-refractivity contribution in [2.24, 2.45) is 5.73 Å². The maximum Gasteiger partial charge on any atom is 0.254 e. The summed E-state index contributed by atoms with van der Waals surface area (Å²) in [6.07, 6.45) is 1.43. The number of furan rings is 1. The van der Waals surface area contributed by atoms with Gasteiger partial charge in [0.15, 0.2) is 0 Å². The Balaban J connectivity index is 0.00000243. The van der Waals surface area contributed by atoms with Crippen LogP contribution in [0.15, 0.2) is 47.1 Å². The quantitative estimate of drug-likeness (QED) is 0.694. The zero-order valence-corrected chi connectivity index (χ0v) is 15.7. The molecule has 3 rings (SSSR count). The second kappa shape index (κ2) is 8.69. The van der Waals surface area contributed by atoms with Crippen molar-refractivity contribution in [2.45, 2.75) is 33.5 Å². The second-order valence-corrected chi connectivity index (χ2v) is 5.98. The summed E-state index contributed by atoms with van der Waals surface area (Å²) in [6, 6.07) is 11.8. The Labute approximate surface area is 158 Å². The number of rotatable bonds is 6. The molecule has 1 amide bonds. The van der Waals surface area contributed by atoms with Crippen LogP contribution in [-0.4, -0.2) is 15.7 Å². The predicted octanol–water partition coefficient (Wildman–Crippen LogP) is 2.95. The fraction of sp³-hybridized carbons (Fsp3) is 0.263. The first-order chi connectivity index (χ1) is 12.1. The molecule has 0 saturated carbocycles. The number of aryl methyl sites for hydroxylation is 1. The number of nitrogens with one attached hydrogen (secondary N) is 1. The van der Waals surface area contributed by atoms with Crippen LogP contribution in [0.2, 0.25) is 0 Å². The number of carbonyl (C=O) groups excluding carboxylic acids is 1. The third-order valence-electron chi connectivity index (χ3n) is 4.25. The standard InChI is InChI=1S/C19H22N4O2.ClH/c1-13-18(10-21-19(24)16-8-17(9-20)25-12-16)14(2)23(22-13)11-15-6-4-3-5-7-15;/h3-8,12H,9-11,20H2,1-2H3,(H,21,24);1H. The van der Waals surface area contributed by atoms with Crippen molar-refractivity contribution in [3.63, 3.8) is 0 Å². The van der Waals surface area contributed by atoms with E-state index in [1.54, 1.807) is 6.07 Å². The van der Waals surface area contributed by atoms with Crippen LogP contribution in [0.4, 0.5) is 0 Å². The van der Waals surface area contributed by atoms with E-state index in [2.05, 4.69) is 22.5 Å². The molecule has 6 nitrogen and oxygen atoms in total. The number of benzene rings is 1. The summed E-state index contributed by atoms with van der Waals surface area (Å²) in [4.78, 5) is 12.2. The van der Waals surface area contributed by atoms with Gasteiger partial charge in [-0.05, 0) is 25.5 Å². The van der Waals surface area contributed by atoms with E-state index in [9.17, 15) is 4.79 Å². The average Bonchev–Trinajstić information content (AvgIpc) is 3.20. The van der Waals surface area contributed by atoms with Crippen LogP contribution < -0.4 is 11.1 Å². The van der Waals surface area contributed by atoms with Gasteiger partial charge in [0.05, 0.1) is 24.3 Å². The number of aromatic nitrogens is 2. The molecule has 138 valence electrons. The van der Waals surface area contributed by atoms with E-state index in [1.165, 1.54) is 11.8 Å². The molecule has 2 heterocycles. The number of halogens is 1. The molecule has 0 aliphatic carbocycles. The molecule has 0 fully saturated rings. The van der Waals surface area contributed by atoms with Crippen molar-refractivity contribution in [2.75, 3.05) is 0 Å². The fourth-order valence-corrected chi connectivity index (χ4v) is 2.78. The molecule has 0 radical (unpaired) electrons. The van der Waals surface area contributed by atoms with E-state index in [-0.39, 0.29) is 24.9 Å². The molecule has 26 heavy (non-hydrogen) atoms. The molecule has 0 aliphatic rings. The summed E-state index contributed by atoms with van der Waals surface area (Å²) in [6.45, 7) is 5.39. The van der Waals surface area contributed by atoms with E-state index in [0.717, 1.165) is 17.0 Å². The molecule has 0 bridgehead atoms. The molecular formula is C19H23ClN4O2. The normalized spacial score (nSPS) is 10.4. The number of nitrogens with zero attached hydrogens (tertiary/aromatic N) is 2. The number of amides is 1. The topological polar surface area (TPSA) is 86.1 Å². The van der Waals surface area contributed by atoms with E-state index < -0.39 is 0 Å². The minimum atomic E-state index is -0.182. The molecular weight excluding hydrogens is 352 g/mol. The Morgan fingerprint density at radius 1 is 1.27 bits per heavy atom. The van der Waals surface area contributed by atoms with E-state index in [0.29, 0.717) is 24.4 Å². The highest BCUT2D eigenvalue weighted by Gasteiger charge is 2.14. The van der Waals surface area contributed by atoms with E-state index >= 15 is 0 Å². The van der Waals surface area contributed by atoms with Crippen molar-refractivity contribution in [3.05, 3.63) is 76.5 Å². The lowest BCUT2D eigenvalue weighted by atomic mass is 10.2. The zero-order chi connectivity index (χ0) is 17.8. The van der Waals surface area contributed by atoms with Gasteiger partial charge in [-0.1, -0.05) is 30.3 Å². The van der Waals surface area contributed by atoms with Crippen molar-refractivity contribution >= 4 is 18.3 Å². The molecule has 1 aromatic carbocycles. The van der Waals surface area contributed by atoms with Crippen LogP contribution in [0.25, 0.3) is 0 Å². The maximum absolute atomic E-state index is 12.2. The van der Waals surface area contributed by atoms with Gasteiger partial charge in [-0.3, -0.25) is 9.48 Å². The lowest BCUT2D eigenvalue weighted by Gasteiger charge is -2.07. The van der Waals surface area contributed by atoms with Crippen molar-refractivity contribution < 1.29 is 9.21 Å². The summed E-state index contributed by atoms with van der Waals surface area (Å²) >= 11 is 0. The summed E-state index contributed by atoms with van der Waals surface area (Å²) in [5.41, 5.74) is 10.2. The number of hydrogen-bond donors (Lipinski definition) is 2. The van der Waals surface area contributed by atoms with E-state index in [1.807, 2.05) is 36.7 Å². The summed E-state index contributed by atoms with van der Waals surface area (Å²) in [5, 5.41) is 7.52. The third kappa shape index (κ3) is 4.33. The van der Waals surface area contributed by atoms with Crippen molar-refractivity contribution in [3.8, 4) is 0 Å². The first-order valence-electron chi connectivity index (χ1n) is 8.21. The lowest BCUT2D eigenvalue weighted by Crippen LogP contribution is -2.23. The Hall–Kier alpha value is -2.57. The predicted molar refractivity (Wildman–Crippen MR) is 102 cm³/mol. The molecule has 0 saturated heterocycles. The summed E-state index contributed by atoms with van der Waals surface area (Å²) in [7, 11) is 0. The van der Waals surface area contributed by atoms with Crippen LogP contribution in [0.1, 0.15) is 38.6 Å². The van der Waals surface area contributed by atoms with Crippen molar-refractivity contribution in [1.29, 1.82) is 0 Å². The lowest BCUT2D eigenvalue weighted by molar-refractivity contribution is 0.0950. The maximum atomic E-state index is 12.2. The van der Waals surface area contributed by atoms with E-state index in [4.69, 9.17) is 10.2 Å². The van der Waals surface area contributed by atoms with Gasteiger partial charge in [-0.25, -0.2) is 0 Å². The number of carbonyl (C=O) groups is 1. The SMILES string of the molecule is Cc1nn(Cc2ccccc2)c(C)c1CNC(=O)c1coc(CN)c1.Cl. The van der Waals surface area contributed by atoms with Gasteiger partial charge in [0, 0.05) is 17.8 Å². The average molecular weight is 375 g/mol. The second-order valence-electron chi connectivity index (χ2n) is 5.98. The van der Waals surface area contributed by atoms with Gasteiger partial charge in [-0.15, -0.1) is 12.4 Å². The Bertz CT molecular complexity index is 871. The Kier molecular flexibility index (Phi) is 6.60. The molecule has 3 aromatic rings. The molecule has 7 heteroatoms. The number of nitrogens with two attached hydrogens (primary N) is 1. The molecule has 2 aromatic heterocycles. The van der Waals surface area contributed by atoms with Crippen LogP contribution in [0.5, 0.6) is 0 Å². The highest BCUT2D eigenvalue weighted by atomic mass is 35.5. The minimum absolute atomic E-state index is 0. The third-order valence-corrected chi connectivity index (χ3v) is 4.25. The Morgan fingerprint density at radius 3 is 2.65 bits per heavy atom. The first kappa shape index (κ1) is 19.8. The highest BCUT2D eigenvalue weighted by Crippen LogP contribution is 2.15. The van der Waals surface area contributed by atoms with Crippen LogP contribution in [-0.2, 0) is 19.6 Å². The monoisotopic (exact) mass is 374 g/mol. The van der Waals surface area contributed by atoms with Gasteiger partial charge in [0.25, 0.3) is 5.91 Å². The fourth-order valence-electron chi connectivity index (χ4n) is 2.78. The smallest absolute Gasteiger partial charge is 0.254 e. The van der Waals surface area contributed by atoms with Crippen LogP contribution >= 0.6 is 12.4 Å². The minimum Gasteiger partial charge on any atom is -0.467 e. The van der Waals surface area contributed by atoms with Gasteiger partial charge in [-0.2, -0.15) is 5.10 Å². The van der Waals surface area contributed by atoms with Gasteiger partial charge < -0.3 is 15.5 Å². The summed E-state index contributed by atoms with van der Waals surface area (Å²) < 4.78 is 7.17. The molecule has 0 aliphatic heterocycles.